The van der Waals surface area contributed by atoms with Gasteiger partial charge < -0.3 is 4.74 Å². The summed E-state index contributed by atoms with van der Waals surface area (Å²) in [4.78, 5) is 11.8. The van der Waals surface area contributed by atoms with Crippen LogP contribution in [0.25, 0.3) is 10.8 Å². The highest BCUT2D eigenvalue weighted by Crippen LogP contribution is 2.31. The Morgan fingerprint density at radius 3 is 2.50 bits per heavy atom. The van der Waals surface area contributed by atoms with Gasteiger partial charge in [0.25, 0.3) is 5.91 Å². The largest absolute Gasteiger partial charge is 0.483 e. The van der Waals surface area contributed by atoms with Crippen LogP contribution in [0, 0.1) is 0 Å². The number of benzene rings is 3. The van der Waals surface area contributed by atoms with Crippen LogP contribution in [-0.2, 0) is 4.79 Å². The van der Waals surface area contributed by atoms with E-state index >= 15 is 0 Å². The van der Waals surface area contributed by atoms with E-state index in [0.29, 0.717) is 10.8 Å². The normalized spacial score (nSPS) is 10.9. The fraction of sp³-hybridized carbons (Fsp3) is 0.0526. The Morgan fingerprint density at radius 2 is 1.71 bits per heavy atom. The molecule has 120 valence electrons. The maximum Gasteiger partial charge on any atom is 0.277 e. The molecule has 3 rings (SSSR count). The van der Waals surface area contributed by atoms with Crippen molar-refractivity contribution in [3.63, 3.8) is 0 Å². The zero-order chi connectivity index (χ0) is 16.8. The maximum atomic E-state index is 11.8. The van der Waals surface area contributed by atoms with Crippen LogP contribution in [0.4, 0.5) is 0 Å². The molecule has 0 saturated heterocycles. The number of carbonyl (C=O) groups excluding carboxylic acids is 1. The van der Waals surface area contributed by atoms with Gasteiger partial charge in [0.05, 0.1) is 6.21 Å². The van der Waals surface area contributed by atoms with Gasteiger partial charge in [-0.1, -0.05) is 66.2 Å². The molecule has 4 nitrogen and oxygen atoms in total. The summed E-state index contributed by atoms with van der Waals surface area (Å²) in [6.07, 6.45) is 1.58. The lowest BCUT2D eigenvalue weighted by Crippen LogP contribution is -2.24. The lowest BCUT2D eigenvalue weighted by atomic mass is 10.1. The van der Waals surface area contributed by atoms with Gasteiger partial charge in [-0.3, -0.25) is 4.79 Å². The standard InChI is InChI=1S/C19H15ClN2O2/c20-17-10-11-18(16-9-5-4-8-15(16)17)24-13-19(23)22-21-12-14-6-2-1-3-7-14/h1-12H,13H2,(H,22,23)/b21-12-. The van der Waals surface area contributed by atoms with E-state index < -0.39 is 0 Å². The van der Waals surface area contributed by atoms with Crippen molar-refractivity contribution in [2.45, 2.75) is 0 Å². The third-order valence-electron chi connectivity index (χ3n) is 3.39. The van der Waals surface area contributed by atoms with E-state index in [1.165, 1.54) is 0 Å². The van der Waals surface area contributed by atoms with Crippen molar-refractivity contribution in [3.8, 4) is 5.75 Å². The first-order valence-corrected chi connectivity index (χ1v) is 7.79. The fourth-order valence-corrected chi connectivity index (χ4v) is 2.48. The summed E-state index contributed by atoms with van der Waals surface area (Å²) in [6.45, 7) is -0.127. The number of amides is 1. The maximum absolute atomic E-state index is 11.8. The monoisotopic (exact) mass is 338 g/mol. The first kappa shape index (κ1) is 16.0. The summed E-state index contributed by atoms with van der Waals surface area (Å²) in [5.41, 5.74) is 3.35. The number of rotatable bonds is 5. The zero-order valence-corrected chi connectivity index (χ0v) is 13.5. The predicted molar refractivity (Wildman–Crippen MR) is 96.6 cm³/mol. The number of halogens is 1. The van der Waals surface area contributed by atoms with Crippen LogP contribution >= 0.6 is 11.6 Å². The summed E-state index contributed by atoms with van der Waals surface area (Å²) in [5.74, 6) is 0.276. The summed E-state index contributed by atoms with van der Waals surface area (Å²) >= 11 is 6.16. The smallest absolute Gasteiger partial charge is 0.277 e. The summed E-state index contributed by atoms with van der Waals surface area (Å²) in [5, 5.41) is 6.31. The van der Waals surface area contributed by atoms with Gasteiger partial charge in [0.15, 0.2) is 6.61 Å². The zero-order valence-electron chi connectivity index (χ0n) is 12.8. The molecule has 0 saturated carbocycles. The Bertz CT molecular complexity index is 879. The third-order valence-corrected chi connectivity index (χ3v) is 3.72. The highest BCUT2D eigenvalue weighted by molar-refractivity contribution is 6.35. The van der Waals surface area contributed by atoms with E-state index in [9.17, 15) is 4.79 Å². The first-order chi connectivity index (χ1) is 11.7. The molecule has 0 aliphatic rings. The highest BCUT2D eigenvalue weighted by Gasteiger charge is 2.07. The van der Waals surface area contributed by atoms with Crippen molar-refractivity contribution < 1.29 is 9.53 Å². The Hall–Kier alpha value is -2.85. The Morgan fingerprint density at radius 1 is 1.00 bits per heavy atom. The minimum absolute atomic E-state index is 0.127. The molecule has 3 aromatic rings. The van der Waals surface area contributed by atoms with Crippen molar-refractivity contribution in [1.82, 2.24) is 5.43 Å². The van der Waals surface area contributed by atoms with Crippen LogP contribution < -0.4 is 10.2 Å². The van der Waals surface area contributed by atoms with E-state index in [4.69, 9.17) is 16.3 Å². The molecule has 1 N–H and O–H groups in total. The second-order valence-corrected chi connectivity index (χ2v) is 5.49. The summed E-state index contributed by atoms with van der Waals surface area (Å²) < 4.78 is 5.59. The average Bonchev–Trinajstić information content (AvgIpc) is 2.62. The Labute approximate surface area is 144 Å². The van der Waals surface area contributed by atoms with Crippen molar-refractivity contribution in [2.75, 3.05) is 6.61 Å². The van der Waals surface area contributed by atoms with Crippen LogP contribution in [0.2, 0.25) is 5.02 Å². The number of carbonyl (C=O) groups is 1. The molecule has 24 heavy (non-hydrogen) atoms. The molecule has 0 radical (unpaired) electrons. The summed E-state index contributed by atoms with van der Waals surface area (Å²) in [7, 11) is 0. The van der Waals surface area contributed by atoms with Crippen LogP contribution in [0.1, 0.15) is 5.56 Å². The molecule has 0 heterocycles. The number of hydrogen-bond acceptors (Lipinski definition) is 3. The van der Waals surface area contributed by atoms with Crippen LogP contribution in [0.3, 0.4) is 0 Å². The number of fused-ring (bicyclic) bond motifs is 1. The number of ether oxygens (including phenoxy) is 1. The fourth-order valence-electron chi connectivity index (χ4n) is 2.25. The number of nitrogens with zero attached hydrogens (tertiary/aromatic N) is 1. The molecule has 1 amide bonds. The van der Waals surface area contributed by atoms with Gasteiger partial charge in [0, 0.05) is 15.8 Å². The van der Waals surface area contributed by atoms with Crippen molar-refractivity contribution >= 4 is 34.5 Å². The molecule has 3 aromatic carbocycles. The molecular formula is C19H15ClN2O2. The minimum atomic E-state index is -0.332. The Balaban J connectivity index is 1.61. The molecule has 0 atom stereocenters. The van der Waals surface area contributed by atoms with Gasteiger partial charge in [0.1, 0.15) is 5.75 Å². The van der Waals surface area contributed by atoms with E-state index in [0.717, 1.165) is 16.3 Å². The molecule has 0 unspecified atom stereocenters. The van der Waals surface area contributed by atoms with Gasteiger partial charge in [-0.15, -0.1) is 0 Å². The second-order valence-electron chi connectivity index (χ2n) is 5.08. The predicted octanol–water partition coefficient (Wildman–Crippen LogP) is 4.02. The molecule has 5 heteroatoms. The van der Waals surface area contributed by atoms with Crippen LogP contribution in [0.15, 0.2) is 71.8 Å². The van der Waals surface area contributed by atoms with Gasteiger partial charge in [-0.2, -0.15) is 5.10 Å². The molecule has 0 aliphatic heterocycles. The first-order valence-electron chi connectivity index (χ1n) is 7.41. The van der Waals surface area contributed by atoms with Gasteiger partial charge in [-0.25, -0.2) is 5.43 Å². The van der Waals surface area contributed by atoms with E-state index in [-0.39, 0.29) is 12.5 Å². The topological polar surface area (TPSA) is 50.7 Å². The highest BCUT2D eigenvalue weighted by atomic mass is 35.5. The third kappa shape index (κ3) is 3.91. The lowest BCUT2D eigenvalue weighted by Gasteiger charge is -2.09. The number of hydrazone groups is 1. The SMILES string of the molecule is O=C(COc1ccc(Cl)c2ccccc12)N/N=C\c1ccccc1. The van der Waals surface area contributed by atoms with Crippen molar-refractivity contribution in [3.05, 3.63) is 77.3 Å². The van der Waals surface area contributed by atoms with E-state index in [2.05, 4.69) is 10.5 Å². The molecule has 0 aromatic heterocycles. The van der Waals surface area contributed by atoms with Crippen molar-refractivity contribution in [1.29, 1.82) is 0 Å². The molecule has 0 fully saturated rings. The van der Waals surface area contributed by atoms with E-state index in [1.807, 2.05) is 54.6 Å². The van der Waals surface area contributed by atoms with Gasteiger partial charge >= 0.3 is 0 Å². The van der Waals surface area contributed by atoms with E-state index in [1.54, 1.807) is 18.3 Å². The van der Waals surface area contributed by atoms with Gasteiger partial charge in [-0.05, 0) is 17.7 Å². The Kier molecular flexibility index (Phi) is 5.08. The average molecular weight is 339 g/mol. The molecule has 0 spiro atoms. The van der Waals surface area contributed by atoms with Crippen LogP contribution in [0.5, 0.6) is 5.75 Å². The second kappa shape index (κ2) is 7.62. The molecule has 0 aliphatic carbocycles. The van der Waals surface area contributed by atoms with Crippen LogP contribution in [-0.4, -0.2) is 18.7 Å². The quantitative estimate of drug-likeness (QED) is 0.564. The number of nitrogens with one attached hydrogen (secondary N) is 1. The van der Waals surface area contributed by atoms with Crippen molar-refractivity contribution in [2.24, 2.45) is 5.10 Å². The molecular weight excluding hydrogens is 324 g/mol. The number of hydrogen-bond donors (Lipinski definition) is 1. The summed E-state index contributed by atoms with van der Waals surface area (Å²) in [6, 6.07) is 20.6. The molecule has 0 bridgehead atoms. The minimum Gasteiger partial charge on any atom is -0.483 e. The lowest BCUT2D eigenvalue weighted by molar-refractivity contribution is -0.123. The van der Waals surface area contributed by atoms with Gasteiger partial charge in [0.2, 0.25) is 0 Å².